The number of nitrogens with zero attached hydrogens (tertiary/aromatic N) is 2. The van der Waals surface area contributed by atoms with Crippen LogP contribution >= 0.6 is 0 Å². The highest BCUT2D eigenvalue weighted by Crippen LogP contribution is 2.31. The molecule has 2 rings (SSSR count). The number of aromatic hydroxyl groups is 1. The number of carbonyl (C=O) groups excluding carboxylic acids is 1. The normalized spacial score (nSPS) is 10.5. The second-order valence-corrected chi connectivity index (χ2v) is 4.84. The molecule has 1 amide bonds. The van der Waals surface area contributed by atoms with Crippen molar-refractivity contribution in [2.24, 2.45) is 10.2 Å². The third kappa shape index (κ3) is 4.41. The number of hydrogen-bond donors (Lipinski definition) is 2. The van der Waals surface area contributed by atoms with Crippen molar-refractivity contribution in [1.29, 1.82) is 0 Å². The van der Waals surface area contributed by atoms with E-state index in [2.05, 4.69) is 22.1 Å². The van der Waals surface area contributed by atoms with Crippen molar-refractivity contribution in [2.75, 3.05) is 12.4 Å². The maximum Gasteiger partial charge on any atom is 0.250 e. The number of amides is 1. The SMILES string of the molecule is C=C(C)C(=O)Nc1ccc(N=Nc2cc(OC)ccc2O)cc1. The van der Waals surface area contributed by atoms with Crippen molar-refractivity contribution in [3.8, 4) is 11.5 Å². The van der Waals surface area contributed by atoms with Gasteiger partial charge < -0.3 is 15.2 Å². The van der Waals surface area contributed by atoms with Crippen LogP contribution in [0.25, 0.3) is 0 Å². The predicted octanol–water partition coefficient (Wildman–Crippen LogP) is 4.33. The number of benzene rings is 2. The molecule has 0 aliphatic carbocycles. The topological polar surface area (TPSA) is 83.3 Å². The first kappa shape index (κ1) is 16.2. The molecule has 0 aliphatic heterocycles. The number of rotatable bonds is 5. The van der Waals surface area contributed by atoms with E-state index in [4.69, 9.17) is 4.74 Å². The Labute approximate surface area is 134 Å². The Kier molecular flexibility index (Phi) is 5.09. The smallest absolute Gasteiger partial charge is 0.250 e. The van der Waals surface area contributed by atoms with Gasteiger partial charge in [-0.1, -0.05) is 6.58 Å². The zero-order chi connectivity index (χ0) is 16.8. The van der Waals surface area contributed by atoms with Crippen LogP contribution in [-0.2, 0) is 4.79 Å². The number of nitrogens with one attached hydrogen (secondary N) is 1. The number of carbonyl (C=O) groups is 1. The number of azo groups is 1. The van der Waals surface area contributed by atoms with Crippen molar-refractivity contribution in [3.63, 3.8) is 0 Å². The molecule has 0 aromatic heterocycles. The number of hydrogen-bond acceptors (Lipinski definition) is 5. The fourth-order valence-electron chi connectivity index (χ4n) is 1.67. The summed E-state index contributed by atoms with van der Waals surface area (Å²) in [5, 5.41) is 20.5. The molecule has 0 radical (unpaired) electrons. The molecular formula is C17H17N3O3. The first-order valence-corrected chi connectivity index (χ1v) is 6.85. The molecule has 0 heterocycles. The van der Waals surface area contributed by atoms with Gasteiger partial charge in [-0.25, -0.2) is 0 Å². The maximum atomic E-state index is 11.5. The lowest BCUT2D eigenvalue weighted by atomic mass is 10.2. The molecule has 0 bridgehead atoms. The van der Waals surface area contributed by atoms with Crippen molar-refractivity contribution >= 4 is 23.0 Å². The van der Waals surface area contributed by atoms with Gasteiger partial charge in [0.1, 0.15) is 17.2 Å². The molecule has 23 heavy (non-hydrogen) atoms. The maximum absolute atomic E-state index is 11.5. The molecule has 0 spiro atoms. The summed E-state index contributed by atoms with van der Waals surface area (Å²) in [6.07, 6.45) is 0. The molecule has 0 aliphatic rings. The molecule has 6 heteroatoms. The number of anilines is 1. The Morgan fingerprint density at radius 3 is 2.48 bits per heavy atom. The van der Waals surface area contributed by atoms with Gasteiger partial charge in [-0.3, -0.25) is 4.79 Å². The molecule has 2 N–H and O–H groups in total. The van der Waals surface area contributed by atoms with Gasteiger partial charge in [0.05, 0.1) is 12.8 Å². The van der Waals surface area contributed by atoms with E-state index >= 15 is 0 Å². The first-order chi connectivity index (χ1) is 11.0. The van der Waals surface area contributed by atoms with E-state index in [-0.39, 0.29) is 11.7 Å². The summed E-state index contributed by atoms with van der Waals surface area (Å²) in [6.45, 7) is 5.21. The number of phenols is 1. The minimum atomic E-state index is -0.235. The van der Waals surface area contributed by atoms with Crippen LogP contribution in [0.5, 0.6) is 11.5 Å². The van der Waals surface area contributed by atoms with Gasteiger partial charge >= 0.3 is 0 Å². The van der Waals surface area contributed by atoms with Crippen molar-refractivity contribution in [3.05, 3.63) is 54.6 Å². The molecular weight excluding hydrogens is 294 g/mol. The van der Waals surface area contributed by atoms with E-state index in [1.165, 1.54) is 13.2 Å². The Balaban J connectivity index is 2.11. The number of ether oxygens (including phenoxy) is 1. The molecule has 6 nitrogen and oxygen atoms in total. The van der Waals surface area contributed by atoms with Gasteiger partial charge in [-0.05, 0) is 43.3 Å². The highest BCUT2D eigenvalue weighted by molar-refractivity contribution is 6.02. The van der Waals surface area contributed by atoms with Crippen LogP contribution in [0.1, 0.15) is 6.92 Å². The summed E-state index contributed by atoms with van der Waals surface area (Å²) < 4.78 is 5.07. The van der Waals surface area contributed by atoms with Crippen molar-refractivity contribution < 1.29 is 14.6 Å². The van der Waals surface area contributed by atoms with Crippen LogP contribution in [0.15, 0.2) is 64.8 Å². The van der Waals surface area contributed by atoms with E-state index in [0.717, 1.165) is 0 Å². The van der Waals surface area contributed by atoms with Gasteiger partial charge in [0.15, 0.2) is 0 Å². The van der Waals surface area contributed by atoms with Crippen LogP contribution in [-0.4, -0.2) is 18.1 Å². The van der Waals surface area contributed by atoms with Crippen LogP contribution in [0.4, 0.5) is 17.1 Å². The van der Waals surface area contributed by atoms with Crippen LogP contribution in [0, 0.1) is 0 Å². The zero-order valence-corrected chi connectivity index (χ0v) is 12.9. The third-order valence-electron chi connectivity index (χ3n) is 2.97. The summed E-state index contributed by atoms with van der Waals surface area (Å²) >= 11 is 0. The lowest BCUT2D eigenvalue weighted by molar-refractivity contribution is -0.112. The minimum absolute atomic E-state index is 0.0138. The minimum Gasteiger partial charge on any atom is -0.506 e. The predicted molar refractivity (Wildman–Crippen MR) is 88.7 cm³/mol. The molecule has 2 aromatic carbocycles. The van der Waals surface area contributed by atoms with E-state index < -0.39 is 0 Å². The highest BCUT2D eigenvalue weighted by atomic mass is 16.5. The van der Waals surface area contributed by atoms with E-state index in [9.17, 15) is 9.90 Å². The Morgan fingerprint density at radius 1 is 1.17 bits per heavy atom. The Bertz CT molecular complexity index is 752. The molecule has 0 fully saturated rings. The monoisotopic (exact) mass is 311 g/mol. The molecule has 0 saturated carbocycles. The molecule has 0 atom stereocenters. The summed E-state index contributed by atoms with van der Waals surface area (Å²) in [6, 6.07) is 11.5. The largest absolute Gasteiger partial charge is 0.506 e. The molecule has 118 valence electrons. The Hall–Kier alpha value is -3.15. The zero-order valence-electron chi connectivity index (χ0n) is 12.9. The van der Waals surface area contributed by atoms with E-state index in [1.54, 1.807) is 43.3 Å². The Morgan fingerprint density at radius 2 is 1.87 bits per heavy atom. The molecule has 2 aromatic rings. The van der Waals surface area contributed by atoms with Gasteiger partial charge in [0.25, 0.3) is 5.91 Å². The van der Waals surface area contributed by atoms with Crippen LogP contribution < -0.4 is 10.1 Å². The highest BCUT2D eigenvalue weighted by Gasteiger charge is 2.03. The quantitative estimate of drug-likeness (QED) is 0.636. The average Bonchev–Trinajstić information content (AvgIpc) is 2.55. The van der Waals surface area contributed by atoms with Crippen LogP contribution in [0.3, 0.4) is 0 Å². The van der Waals surface area contributed by atoms with Crippen molar-refractivity contribution in [1.82, 2.24) is 0 Å². The second-order valence-electron chi connectivity index (χ2n) is 4.84. The molecule has 0 saturated heterocycles. The van der Waals surface area contributed by atoms with Gasteiger partial charge in [0, 0.05) is 17.3 Å². The van der Waals surface area contributed by atoms with Gasteiger partial charge in [0.2, 0.25) is 0 Å². The summed E-state index contributed by atoms with van der Waals surface area (Å²) in [5.74, 6) is 0.357. The van der Waals surface area contributed by atoms with Crippen molar-refractivity contribution in [2.45, 2.75) is 6.92 Å². The summed E-state index contributed by atoms with van der Waals surface area (Å²) in [7, 11) is 1.53. The van der Waals surface area contributed by atoms with Crippen LogP contribution in [0.2, 0.25) is 0 Å². The summed E-state index contributed by atoms with van der Waals surface area (Å²) in [4.78, 5) is 11.5. The lowest BCUT2D eigenvalue weighted by Gasteiger charge is -2.04. The number of methoxy groups -OCH3 is 1. The first-order valence-electron chi connectivity index (χ1n) is 6.85. The fraction of sp³-hybridized carbons (Fsp3) is 0.118. The standard InChI is InChI=1S/C17H17N3O3/c1-11(2)17(22)18-12-4-6-13(7-5-12)19-20-15-10-14(23-3)8-9-16(15)21/h4-10,21H,1H2,2-3H3,(H,18,22). The second kappa shape index (κ2) is 7.22. The van der Waals surface area contributed by atoms with E-state index in [1.807, 2.05) is 0 Å². The third-order valence-corrected chi connectivity index (χ3v) is 2.97. The van der Waals surface area contributed by atoms with Gasteiger partial charge in [-0.15, -0.1) is 5.11 Å². The lowest BCUT2D eigenvalue weighted by Crippen LogP contribution is -2.11. The molecule has 0 unspecified atom stereocenters. The van der Waals surface area contributed by atoms with Gasteiger partial charge in [-0.2, -0.15) is 5.11 Å². The fourth-order valence-corrected chi connectivity index (χ4v) is 1.67. The van der Waals surface area contributed by atoms with E-state index in [0.29, 0.717) is 28.4 Å². The number of phenolic OH excluding ortho intramolecular Hbond substituents is 1. The average molecular weight is 311 g/mol. The summed E-state index contributed by atoms with van der Waals surface area (Å²) in [5.41, 5.74) is 1.97.